The van der Waals surface area contributed by atoms with E-state index in [9.17, 15) is 0 Å². The van der Waals surface area contributed by atoms with Gasteiger partial charge in [-0.05, 0) is 24.1 Å². The maximum absolute atomic E-state index is 6.33. The third-order valence-corrected chi connectivity index (χ3v) is 4.42. The van der Waals surface area contributed by atoms with E-state index in [-0.39, 0.29) is 0 Å². The van der Waals surface area contributed by atoms with Gasteiger partial charge in [0.1, 0.15) is 0 Å². The van der Waals surface area contributed by atoms with Crippen molar-refractivity contribution >= 4 is 0 Å². The van der Waals surface area contributed by atoms with Crippen molar-refractivity contribution in [2.24, 2.45) is 0 Å². The van der Waals surface area contributed by atoms with Crippen molar-refractivity contribution in [1.29, 1.82) is 0 Å². The number of hydrogen-bond donors (Lipinski definition) is 0. The predicted molar refractivity (Wildman–Crippen MR) is 96.6 cm³/mol. The van der Waals surface area contributed by atoms with Crippen LogP contribution in [0, 0.1) is 11.8 Å². The third kappa shape index (κ3) is 2.62. The monoisotopic (exact) mass is 310 g/mol. The van der Waals surface area contributed by atoms with E-state index < -0.39 is 5.60 Å². The second-order valence-electron chi connectivity index (χ2n) is 5.92. The number of hydrogen-bond acceptors (Lipinski definition) is 1. The van der Waals surface area contributed by atoms with E-state index >= 15 is 0 Å². The van der Waals surface area contributed by atoms with Crippen molar-refractivity contribution in [3.63, 3.8) is 0 Å². The SMILES string of the molecule is C(#C[C@@]1(c2ccccc2)OCCc2ccccc21)c1ccccc1. The highest BCUT2D eigenvalue weighted by atomic mass is 16.5. The van der Waals surface area contributed by atoms with E-state index in [4.69, 9.17) is 4.74 Å². The molecule has 1 heterocycles. The summed E-state index contributed by atoms with van der Waals surface area (Å²) in [5, 5.41) is 0. The minimum atomic E-state index is -0.702. The lowest BCUT2D eigenvalue weighted by Crippen LogP contribution is -2.35. The summed E-state index contributed by atoms with van der Waals surface area (Å²) in [4.78, 5) is 0. The van der Waals surface area contributed by atoms with Gasteiger partial charge >= 0.3 is 0 Å². The van der Waals surface area contributed by atoms with Gasteiger partial charge in [-0.2, -0.15) is 0 Å². The van der Waals surface area contributed by atoms with Crippen LogP contribution in [0.4, 0.5) is 0 Å². The fraction of sp³-hybridized carbons (Fsp3) is 0.130. The average Bonchev–Trinajstić information content (AvgIpc) is 2.68. The smallest absolute Gasteiger partial charge is 0.180 e. The molecule has 0 aromatic heterocycles. The zero-order chi connectivity index (χ0) is 16.2. The maximum Gasteiger partial charge on any atom is 0.180 e. The second kappa shape index (κ2) is 6.35. The highest BCUT2D eigenvalue weighted by molar-refractivity contribution is 5.51. The fourth-order valence-corrected chi connectivity index (χ4v) is 3.24. The van der Waals surface area contributed by atoms with E-state index in [0.29, 0.717) is 6.61 Å². The Bertz CT molecular complexity index is 887. The Morgan fingerprint density at radius 3 is 2.21 bits per heavy atom. The molecule has 1 aliphatic heterocycles. The molecule has 0 radical (unpaired) electrons. The minimum Gasteiger partial charge on any atom is -0.353 e. The lowest BCUT2D eigenvalue weighted by atomic mass is 9.81. The van der Waals surface area contributed by atoms with Gasteiger partial charge in [-0.15, -0.1) is 0 Å². The van der Waals surface area contributed by atoms with Crippen LogP contribution < -0.4 is 0 Å². The molecular formula is C23H18O. The molecule has 1 heteroatoms. The summed E-state index contributed by atoms with van der Waals surface area (Å²) < 4.78 is 6.33. The minimum absolute atomic E-state index is 0.676. The van der Waals surface area contributed by atoms with E-state index in [0.717, 1.165) is 23.1 Å². The van der Waals surface area contributed by atoms with Gasteiger partial charge in [-0.3, -0.25) is 0 Å². The molecule has 0 saturated carbocycles. The molecule has 0 spiro atoms. The van der Waals surface area contributed by atoms with E-state index in [1.54, 1.807) is 0 Å². The summed E-state index contributed by atoms with van der Waals surface area (Å²) in [5.74, 6) is 6.77. The molecule has 0 bridgehead atoms. The highest BCUT2D eigenvalue weighted by Gasteiger charge is 2.38. The Morgan fingerprint density at radius 1 is 0.750 bits per heavy atom. The van der Waals surface area contributed by atoms with Gasteiger partial charge in [0.05, 0.1) is 6.61 Å². The van der Waals surface area contributed by atoms with E-state index in [2.05, 4.69) is 48.2 Å². The summed E-state index contributed by atoms with van der Waals surface area (Å²) in [6, 6.07) is 28.9. The van der Waals surface area contributed by atoms with Gasteiger partial charge in [0.15, 0.2) is 5.60 Å². The van der Waals surface area contributed by atoms with Crippen molar-refractivity contribution in [1.82, 2.24) is 0 Å². The van der Waals surface area contributed by atoms with Gasteiger partial charge in [0, 0.05) is 16.7 Å². The number of rotatable bonds is 1. The Kier molecular flexibility index (Phi) is 3.91. The molecule has 0 fully saturated rings. The fourth-order valence-electron chi connectivity index (χ4n) is 3.24. The molecule has 0 N–H and O–H groups in total. The van der Waals surface area contributed by atoms with Crippen LogP contribution in [0.3, 0.4) is 0 Å². The Labute approximate surface area is 142 Å². The molecule has 116 valence electrons. The summed E-state index contributed by atoms with van der Waals surface area (Å²) >= 11 is 0. The van der Waals surface area contributed by atoms with Crippen molar-refractivity contribution < 1.29 is 4.74 Å². The first-order valence-electron chi connectivity index (χ1n) is 8.25. The van der Waals surface area contributed by atoms with Gasteiger partial charge < -0.3 is 4.74 Å². The molecule has 0 amide bonds. The van der Waals surface area contributed by atoms with Gasteiger partial charge in [0.25, 0.3) is 0 Å². The van der Waals surface area contributed by atoms with Crippen LogP contribution in [0.15, 0.2) is 84.9 Å². The summed E-state index contributed by atoms with van der Waals surface area (Å²) in [6.45, 7) is 0.676. The Hall–Kier alpha value is -2.82. The van der Waals surface area contributed by atoms with Crippen LogP contribution in [0.2, 0.25) is 0 Å². The first kappa shape index (κ1) is 14.8. The highest BCUT2D eigenvalue weighted by Crippen LogP contribution is 2.38. The van der Waals surface area contributed by atoms with Gasteiger partial charge in [-0.25, -0.2) is 0 Å². The van der Waals surface area contributed by atoms with E-state index in [1.165, 1.54) is 5.56 Å². The molecule has 4 rings (SSSR count). The van der Waals surface area contributed by atoms with E-state index in [1.807, 2.05) is 48.5 Å². The summed E-state index contributed by atoms with van der Waals surface area (Å²) in [5.41, 5.74) is 3.85. The number of ether oxygens (including phenoxy) is 1. The average molecular weight is 310 g/mol. The van der Waals surface area contributed by atoms with Gasteiger partial charge in [0.2, 0.25) is 0 Å². The first-order chi connectivity index (χ1) is 11.9. The Morgan fingerprint density at radius 2 is 1.42 bits per heavy atom. The van der Waals surface area contributed by atoms with Crippen molar-refractivity contribution in [3.8, 4) is 11.8 Å². The third-order valence-electron chi connectivity index (χ3n) is 4.42. The standard InChI is InChI=1S/C23H18O/c1-3-9-19(10-4-1)15-17-23(21-12-5-2-6-13-21)22-14-8-7-11-20(22)16-18-24-23/h1-14H,16,18H2/t23-/m0/s1. The quantitative estimate of drug-likeness (QED) is 0.599. The first-order valence-corrected chi connectivity index (χ1v) is 8.25. The van der Waals surface area contributed by atoms with Crippen molar-refractivity contribution in [2.75, 3.05) is 6.61 Å². The van der Waals surface area contributed by atoms with Gasteiger partial charge in [-0.1, -0.05) is 84.6 Å². The Balaban J connectivity index is 1.92. The summed E-state index contributed by atoms with van der Waals surface area (Å²) in [7, 11) is 0. The predicted octanol–water partition coefficient (Wildman–Crippen LogP) is 4.55. The largest absolute Gasteiger partial charge is 0.353 e. The molecule has 0 unspecified atom stereocenters. The molecule has 3 aromatic rings. The molecule has 1 nitrogen and oxygen atoms in total. The lowest BCUT2D eigenvalue weighted by molar-refractivity contribution is 0.0161. The van der Waals surface area contributed by atoms with Crippen LogP contribution in [0.25, 0.3) is 0 Å². The molecular weight excluding hydrogens is 292 g/mol. The zero-order valence-electron chi connectivity index (χ0n) is 13.4. The molecule has 3 aromatic carbocycles. The maximum atomic E-state index is 6.33. The molecule has 24 heavy (non-hydrogen) atoms. The number of fused-ring (bicyclic) bond motifs is 1. The van der Waals surface area contributed by atoms with Crippen LogP contribution in [-0.4, -0.2) is 6.61 Å². The molecule has 1 atom stereocenters. The molecule has 1 aliphatic rings. The number of benzene rings is 3. The van der Waals surface area contributed by atoms with Crippen LogP contribution in [0.1, 0.15) is 22.3 Å². The molecule has 0 aliphatic carbocycles. The second-order valence-corrected chi connectivity index (χ2v) is 5.92. The topological polar surface area (TPSA) is 9.23 Å². The van der Waals surface area contributed by atoms with Crippen molar-refractivity contribution in [3.05, 3.63) is 107 Å². The zero-order valence-corrected chi connectivity index (χ0v) is 13.4. The molecule has 0 saturated heterocycles. The van der Waals surface area contributed by atoms with Crippen molar-refractivity contribution in [2.45, 2.75) is 12.0 Å². The normalized spacial score (nSPS) is 19.0. The summed E-state index contributed by atoms with van der Waals surface area (Å²) in [6.07, 6.45) is 0.928. The van der Waals surface area contributed by atoms with Crippen LogP contribution >= 0.6 is 0 Å². The van der Waals surface area contributed by atoms with Crippen LogP contribution in [0.5, 0.6) is 0 Å². The lowest BCUT2D eigenvalue weighted by Gasteiger charge is -2.35. The van der Waals surface area contributed by atoms with Crippen LogP contribution in [-0.2, 0) is 16.8 Å².